The minimum absolute atomic E-state index is 0.133. The van der Waals surface area contributed by atoms with Crippen molar-refractivity contribution < 1.29 is 39.5 Å². The fourth-order valence-electron chi connectivity index (χ4n) is 1.77. The molecule has 1 aromatic carbocycles. The Bertz CT molecular complexity index is 723. The number of imidazole rings is 1. The number of halogens is 10. The molecule has 0 radical (unpaired) electrons. The first kappa shape index (κ1) is 18.6. The number of aromatic amines is 1. The fourth-order valence-corrected chi connectivity index (χ4v) is 2.27. The molecule has 12 heteroatoms. The van der Waals surface area contributed by atoms with Gasteiger partial charge in [-0.3, -0.25) is 0 Å². The summed E-state index contributed by atoms with van der Waals surface area (Å²) in [6.45, 7) is 0. The smallest absolute Gasteiger partial charge is 0.333 e. The molecule has 0 unspecified atom stereocenters. The molecule has 2 rings (SSSR count). The SMILES string of the molecule is FC(F)(F)c1cc(-c2nc(Br)c(C(F)(F)F)[nH]2)cc(C(F)(F)F)c1. The molecular weight excluding hydrogens is 423 g/mol. The molecule has 0 bridgehead atoms. The van der Waals surface area contributed by atoms with E-state index in [4.69, 9.17) is 0 Å². The first-order valence-electron chi connectivity index (χ1n) is 5.82. The van der Waals surface area contributed by atoms with Crippen molar-refractivity contribution in [3.8, 4) is 11.4 Å². The lowest BCUT2D eigenvalue weighted by Crippen LogP contribution is -2.11. The number of H-pyrrole nitrogens is 1. The molecule has 0 aliphatic rings. The molecular formula is C12H4BrF9N2. The predicted molar refractivity (Wildman–Crippen MR) is 66.7 cm³/mol. The molecule has 1 N–H and O–H groups in total. The second-order valence-corrected chi connectivity index (χ2v) is 5.29. The first-order chi connectivity index (χ1) is 10.7. The molecule has 0 aliphatic carbocycles. The summed E-state index contributed by atoms with van der Waals surface area (Å²) in [5, 5.41) is 0. The highest BCUT2D eigenvalue weighted by Gasteiger charge is 2.39. The molecule has 1 heterocycles. The van der Waals surface area contributed by atoms with E-state index in [-0.39, 0.29) is 18.2 Å². The highest BCUT2D eigenvalue weighted by molar-refractivity contribution is 9.10. The van der Waals surface area contributed by atoms with E-state index >= 15 is 0 Å². The topological polar surface area (TPSA) is 28.7 Å². The van der Waals surface area contributed by atoms with Crippen LogP contribution < -0.4 is 0 Å². The van der Waals surface area contributed by atoms with Gasteiger partial charge in [-0.05, 0) is 34.1 Å². The second-order valence-electron chi connectivity index (χ2n) is 4.54. The Kier molecular flexibility index (Phi) is 4.40. The Morgan fingerprint density at radius 1 is 0.750 bits per heavy atom. The van der Waals surface area contributed by atoms with Gasteiger partial charge in [0.2, 0.25) is 0 Å². The van der Waals surface area contributed by atoms with E-state index in [1.165, 1.54) is 0 Å². The Labute approximate surface area is 135 Å². The summed E-state index contributed by atoms with van der Waals surface area (Å²) in [5.41, 5.74) is -5.53. The average molecular weight is 427 g/mol. The van der Waals surface area contributed by atoms with Crippen LogP contribution >= 0.6 is 15.9 Å². The van der Waals surface area contributed by atoms with E-state index in [9.17, 15) is 39.5 Å². The second kappa shape index (κ2) is 5.67. The van der Waals surface area contributed by atoms with Gasteiger partial charge >= 0.3 is 18.5 Å². The molecule has 2 nitrogen and oxygen atoms in total. The summed E-state index contributed by atoms with van der Waals surface area (Å²) in [6.07, 6.45) is -15.2. The van der Waals surface area contributed by atoms with Crippen LogP contribution in [0.1, 0.15) is 16.8 Å². The van der Waals surface area contributed by atoms with Crippen LogP contribution in [-0.4, -0.2) is 9.97 Å². The van der Waals surface area contributed by atoms with Gasteiger partial charge in [-0.1, -0.05) is 0 Å². The van der Waals surface area contributed by atoms with Crippen molar-refractivity contribution in [2.75, 3.05) is 0 Å². The summed E-state index contributed by atoms with van der Waals surface area (Å²) >= 11 is 2.46. The van der Waals surface area contributed by atoms with Gasteiger partial charge in [0.25, 0.3) is 0 Å². The van der Waals surface area contributed by atoms with Crippen LogP contribution in [-0.2, 0) is 18.5 Å². The zero-order valence-corrected chi connectivity index (χ0v) is 12.5. The maximum absolute atomic E-state index is 12.7. The van der Waals surface area contributed by atoms with E-state index in [0.717, 1.165) is 0 Å². The average Bonchev–Trinajstić information content (AvgIpc) is 2.78. The van der Waals surface area contributed by atoms with Crippen LogP contribution in [0.25, 0.3) is 11.4 Å². The zero-order valence-electron chi connectivity index (χ0n) is 11.0. The van der Waals surface area contributed by atoms with Crippen molar-refractivity contribution in [2.45, 2.75) is 18.5 Å². The predicted octanol–water partition coefficient (Wildman–Crippen LogP) is 5.90. The number of benzene rings is 1. The van der Waals surface area contributed by atoms with E-state index < -0.39 is 51.3 Å². The molecule has 0 saturated carbocycles. The van der Waals surface area contributed by atoms with Crippen molar-refractivity contribution in [3.05, 3.63) is 39.6 Å². The Hall–Kier alpha value is -1.72. The third-order valence-electron chi connectivity index (χ3n) is 2.80. The molecule has 24 heavy (non-hydrogen) atoms. The summed E-state index contributed by atoms with van der Waals surface area (Å²) in [6, 6.07) is 0.424. The standard InChI is InChI=1S/C12H4BrF9N2/c13-8-7(12(20,21)22)23-9(24-8)4-1-5(10(14,15)16)3-6(2-4)11(17,18)19/h1-3H,(H,23,24). The number of nitrogens with zero attached hydrogens (tertiary/aromatic N) is 1. The van der Waals surface area contributed by atoms with Crippen LogP contribution in [0.2, 0.25) is 0 Å². The minimum atomic E-state index is -5.12. The van der Waals surface area contributed by atoms with Crippen LogP contribution in [0.4, 0.5) is 39.5 Å². The van der Waals surface area contributed by atoms with Crippen LogP contribution in [0.5, 0.6) is 0 Å². The van der Waals surface area contributed by atoms with Crippen LogP contribution in [0, 0.1) is 0 Å². The first-order valence-corrected chi connectivity index (χ1v) is 6.61. The lowest BCUT2D eigenvalue weighted by Gasteiger charge is -2.13. The van der Waals surface area contributed by atoms with Gasteiger partial charge in [-0.2, -0.15) is 39.5 Å². The van der Waals surface area contributed by atoms with E-state index in [0.29, 0.717) is 0 Å². The fraction of sp³-hybridized carbons (Fsp3) is 0.250. The maximum Gasteiger partial charge on any atom is 0.433 e. The van der Waals surface area contributed by atoms with E-state index in [2.05, 4.69) is 20.9 Å². The summed E-state index contributed by atoms with van der Waals surface area (Å²) in [7, 11) is 0. The van der Waals surface area contributed by atoms with Crippen molar-refractivity contribution in [3.63, 3.8) is 0 Å². The van der Waals surface area contributed by atoms with Crippen molar-refractivity contribution in [1.29, 1.82) is 0 Å². The number of hydrogen-bond acceptors (Lipinski definition) is 1. The molecule has 0 atom stereocenters. The van der Waals surface area contributed by atoms with Crippen molar-refractivity contribution in [2.24, 2.45) is 0 Å². The van der Waals surface area contributed by atoms with Gasteiger partial charge in [0.05, 0.1) is 11.1 Å². The third-order valence-corrected chi connectivity index (χ3v) is 3.38. The van der Waals surface area contributed by atoms with Gasteiger partial charge in [-0.25, -0.2) is 4.98 Å². The molecule has 0 fully saturated rings. The van der Waals surface area contributed by atoms with Crippen molar-refractivity contribution >= 4 is 15.9 Å². The molecule has 0 aliphatic heterocycles. The number of nitrogens with one attached hydrogen (secondary N) is 1. The normalized spacial score (nSPS) is 13.4. The highest BCUT2D eigenvalue weighted by Crippen LogP contribution is 2.40. The number of rotatable bonds is 1. The highest BCUT2D eigenvalue weighted by atomic mass is 79.9. The lowest BCUT2D eigenvalue weighted by molar-refractivity contribution is -0.143. The monoisotopic (exact) mass is 426 g/mol. The number of hydrogen-bond donors (Lipinski definition) is 1. The van der Waals surface area contributed by atoms with E-state index in [1.54, 1.807) is 4.98 Å². The molecule has 0 spiro atoms. The maximum atomic E-state index is 12.7. The summed E-state index contributed by atoms with van der Waals surface area (Å²) in [4.78, 5) is 4.98. The van der Waals surface area contributed by atoms with Gasteiger partial charge in [-0.15, -0.1) is 0 Å². The molecule has 0 saturated heterocycles. The molecule has 2 aromatic rings. The van der Waals surface area contributed by atoms with Crippen molar-refractivity contribution in [1.82, 2.24) is 9.97 Å². The Morgan fingerprint density at radius 2 is 1.21 bits per heavy atom. The van der Waals surface area contributed by atoms with Gasteiger partial charge in [0.1, 0.15) is 10.4 Å². The Morgan fingerprint density at radius 3 is 1.54 bits per heavy atom. The van der Waals surface area contributed by atoms with Gasteiger partial charge in [0.15, 0.2) is 5.69 Å². The molecule has 1 aromatic heterocycles. The number of alkyl halides is 9. The largest absolute Gasteiger partial charge is 0.433 e. The minimum Gasteiger partial charge on any atom is -0.333 e. The Balaban J connectivity index is 2.66. The summed E-state index contributed by atoms with van der Waals surface area (Å²) in [5.74, 6) is -0.786. The van der Waals surface area contributed by atoms with Crippen LogP contribution in [0.15, 0.2) is 22.8 Å². The number of aromatic nitrogens is 2. The zero-order chi connectivity index (χ0) is 18.5. The van der Waals surface area contributed by atoms with Gasteiger partial charge < -0.3 is 4.98 Å². The van der Waals surface area contributed by atoms with Gasteiger partial charge in [0, 0.05) is 5.56 Å². The third kappa shape index (κ3) is 3.84. The van der Waals surface area contributed by atoms with E-state index in [1.807, 2.05) is 0 Å². The lowest BCUT2D eigenvalue weighted by atomic mass is 10.0. The molecule has 0 amide bonds. The molecule has 132 valence electrons. The quantitative estimate of drug-likeness (QED) is 0.565. The summed E-state index contributed by atoms with van der Waals surface area (Å²) < 4.78 is 114. The van der Waals surface area contributed by atoms with Crippen LogP contribution in [0.3, 0.4) is 0 Å².